The number of Topliss-reactive ketones (excluding diaryl/α,β-unsaturated/α-hetero) is 1. The molecule has 9 unspecified atom stereocenters. The molecule has 8 rings (SSSR count). The van der Waals surface area contributed by atoms with Gasteiger partial charge in [0.15, 0.2) is 5.78 Å². The molecule has 8 heteroatoms. The highest BCUT2D eigenvalue weighted by Gasteiger charge is 2.74. The zero-order chi connectivity index (χ0) is 35.7. The lowest BCUT2D eigenvalue weighted by Gasteiger charge is -2.71. The van der Waals surface area contributed by atoms with Crippen LogP contribution in [0.5, 0.6) is 0 Å². The Hall–Kier alpha value is -3.00. The van der Waals surface area contributed by atoms with Crippen LogP contribution in [0.1, 0.15) is 96.2 Å². The van der Waals surface area contributed by atoms with Crippen LogP contribution in [-0.4, -0.2) is 51.7 Å². The molecule has 2 spiro atoms. The third kappa shape index (κ3) is 5.16. The van der Waals surface area contributed by atoms with E-state index < -0.39 is 33.8 Å². The summed E-state index contributed by atoms with van der Waals surface area (Å²) in [6.45, 7) is 9.26. The van der Waals surface area contributed by atoms with Gasteiger partial charge >= 0.3 is 6.03 Å². The van der Waals surface area contributed by atoms with Gasteiger partial charge in [-0.3, -0.25) is 4.79 Å². The standard InChI is InChI=1S/C42H52ClFN2O4/c1-5-22-46(37(49)45-27(2)28-10-7-6-8-11-28)26-41(50)19-16-36-39(41,4)18-15-35-38(3)17-14-29(47)24-40(38)20-21-42(35,36)31(25-40)34(48)23-30-32(43)12-9-13-33(30)44/h6-13,20-21,25,27,29,35-36,47,50H,5,14-19,22-24,26H2,1-4H3,(H,45,49). The summed E-state index contributed by atoms with van der Waals surface area (Å²) >= 11 is 6.46. The van der Waals surface area contributed by atoms with Gasteiger partial charge in [-0.1, -0.05) is 87.0 Å². The summed E-state index contributed by atoms with van der Waals surface area (Å²) < 4.78 is 15.1. The summed E-state index contributed by atoms with van der Waals surface area (Å²) in [5.74, 6) is -0.588. The molecule has 0 aliphatic heterocycles. The zero-order valence-corrected chi connectivity index (χ0v) is 30.6. The van der Waals surface area contributed by atoms with Crippen molar-refractivity contribution in [3.05, 3.63) is 94.3 Å². The first-order chi connectivity index (χ1) is 23.7. The second kappa shape index (κ2) is 12.6. The number of allylic oxidation sites excluding steroid dienone is 4. The number of carbonyl (C=O) groups is 2. The van der Waals surface area contributed by atoms with Crippen molar-refractivity contribution in [2.45, 2.75) is 103 Å². The van der Waals surface area contributed by atoms with E-state index in [1.165, 1.54) is 6.07 Å². The molecule has 3 fully saturated rings. The predicted molar refractivity (Wildman–Crippen MR) is 194 cm³/mol. The minimum Gasteiger partial charge on any atom is -0.393 e. The first-order valence-electron chi connectivity index (χ1n) is 18.6. The third-order valence-electron chi connectivity index (χ3n) is 14.3. The number of aliphatic hydroxyl groups excluding tert-OH is 1. The molecule has 0 heterocycles. The number of nitrogens with zero attached hydrogens (tertiary/aromatic N) is 1. The topological polar surface area (TPSA) is 89.9 Å². The average Bonchev–Trinajstić information content (AvgIpc) is 3.36. The normalized spacial score (nSPS) is 37.3. The van der Waals surface area contributed by atoms with E-state index in [-0.39, 0.29) is 58.7 Å². The second-order valence-corrected chi connectivity index (χ2v) is 17.0. The van der Waals surface area contributed by atoms with Crippen molar-refractivity contribution in [3.63, 3.8) is 0 Å². The van der Waals surface area contributed by atoms with Gasteiger partial charge < -0.3 is 20.4 Å². The molecule has 0 aromatic heterocycles. The highest BCUT2D eigenvalue weighted by molar-refractivity contribution is 6.31. The largest absolute Gasteiger partial charge is 0.393 e. The summed E-state index contributed by atoms with van der Waals surface area (Å²) in [5.41, 5.74) is -1.17. The maximum atomic E-state index is 15.1. The van der Waals surface area contributed by atoms with Crippen LogP contribution in [0.3, 0.4) is 0 Å². The highest BCUT2D eigenvalue weighted by atomic mass is 35.5. The zero-order valence-electron chi connectivity index (χ0n) is 29.9. The van der Waals surface area contributed by atoms with E-state index in [9.17, 15) is 19.8 Å². The van der Waals surface area contributed by atoms with Gasteiger partial charge in [0.05, 0.1) is 24.3 Å². The average molecular weight is 703 g/mol. The predicted octanol–water partition coefficient (Wildman–Crippen LogP) is 8.36. The van der Waals surface area contributed by atoms with E-state index in [0.717, 1.165) is 37.7 Å². The molecule has 2 bridgehead atoms. The Labute approximate surface area is 301 Å². The van der Waals surface area contributed by atoms with E-state index in [0.29, 0.717) is 31.4 Å². The number of benzene rings is 2. The Morgan fingerprint density at radius 2 is 1.70 bits per heavy atom. The summed E-state index contributed by atoms with van der Waals surface area (Å²) in [6.07, 6.45) is 11.7. The first-order valence-corrected chi connectivity index (χ1v) is 19.0. The van der Waals surface area contributed by atoms with E-state index in [1.807, 2.05) is 44.2 Å². The molecule has 50 heavy (non-hydrogen) atoms. The third-order valence-corrected chi connectivity index (χ3v) is 14.6. The number of amides is 2. The SMILES string of the molecule is CCCN(CC1(O)CCC2C34C=CC5(C=C3C(=O)Cc3c(F)cccc3Cl)CC(O)CCC5(C)C4CCC21C)C(=O)NC(C)c1ccccc1. The lowest BCUT2D eigenvalue weighted by atomic mass is 9.32. The van der Waals surface area contributed by atoms with Crippen LogP contribution in [0.2, 0.25) is 5.02 Å². The molecular formula is C42H52ClFN2O4. The number of fused-ring (bicyclic) bond motifs is 1. The molecule has 0 saturated heterocycles. The minimum absolute atomic E-state index is 0.0713. The molecule has 6 aliphatic rings. The van der Waals surface area contributed by atoms with Crippen molar-refractivity contribution in [1.29, 1.82) is 0 Å². The van der Waals surface area contributed by atoms with Gasteiger partial charge in [0.25, 0.3) is 0 Å². The fourth-order valence-electron chi connectivity index (χ4n) is 11.6. The molecule has 2 aromatic carbocycles. The van der Waals surface area contributed by atoms with E-state index in [2.05, 4.69) is 37.4 Å². The smallest absolute Gasteiger partial charge is 0.317 e. The Bertz CT molecular complexity index is 1710. The van der Waals surface area contributed by atoms with E-state index >= 15 is 4.39 Å². The molecule has 2 aromatic rings. The lowest BCUT2D eigenvalue weighted by molar-refractivity contribution is -0.177. The molecule has 0 radical (unpaired) electrons. The molecule has 268 valence electrons. The van der Waals surface area contributed by atoms with Crippen LogP contribution < -0.4 is 5.32 Å². The molecule has 2 amide bonds. The number of urea groups is 1. The Morgan fingerprint density at radius 3 is 2.42 bits per heavy atom. The van der Waals surface area contributed by atoms with E-state index in [1.54, 1.807) is 17.0 Å². The van der Waals surface area contributed by atoms with Crippen LogP contribution >= 0.6 is 11.6 Å². The van der Waals surface area contributed by atoms with Crippen LogP contribution in [-0.2, 0) is 11.2 Å². The Balaban J connectivity index is 1.25. The van der Waals surface area contributed by atoms with Crippen molar-refractivity contribution < 1.29 is 24.2 Å². The number of aliphatic hydroxyl groups is 2. The molecule has 6 aliphatic carbocycles. The van der Waals surface area contributed by atoms with Crippen LogP contribution in [0.15, 0.2) is 72.3 Å². The molecular weight excluding hydrogens is 651 g/mol. The van der Waals surface area contributed by atoms with Crippen LogP contribution in [0, 0.1) is 39.3 Å². The quantitative estimate of drug-likeness (QED) is 0.229. The summed E-state index contributed by atoms with van der Waals surface area (Å²) in [5, 5.41) is 27.2. The van der Waals surface area contributed by atoms with Gasteiger partial charge in [0.1, 0.15) is 5.82 Å². The van der Waals surface area contributed by atoms with Gasteiger partial charge in [-0.2, -0.15) is 0 Å². The first kappa shape index (κ1) is 35.4. The van der Waals surface area contributed by atoms with Crippen molar-refractivity contribution in [2.24, 2.45) is 33.5 Å². The van der Waals surface area contributed by atoms with Gasteiger partial charge in [-0.25, -0.2) is 9.18 Å². The van der Waals surface area contributed by atoms with Gasteiger partial charge in [0.2, 0.25) is 0 Å². The summed E-state index contributed by atoms with van der Waals surface area (Å²) in [6, 6.07) is 14.0. The maximum Gasteiger partial charge on any atom is 0.317 e. The summed E-state index contributed by atoms with van der Waals surface area (Å²) in [7, 11) is 0. The molecule has 3 N–H and O–H groups in total. The van der Waals surface area contributed by atoms with Crippen molar-refractivity contribution in [2.75, 3.05) is 13.1 Å². The second-order valence-electron chi connectivity index (χ2n) is 16.6. The number of nitrogens with one attached hydrogen (secondary N) is 1. The van der Waals surface area contributed by atoms with Crippen molar-refractivity contribution >= 4 is 23.4 Å². The Morgan fingerprint density at radius 1 is 1.00 bits per heavy atom. The Kier molecular flexibility index (Phi) is 8.92. The number of hydrogen-bond acceptors (Lipinski definition) is 4. The van der Waals surface area contributed by atoms with Crippen LogP contribution in [0.25, 0.3) is 0 Å². The van der Waals surface area contributed by atoms with Crippen molar-refractivity contribution in [1.82, 2.24) is 10.2 Å². The van der Waals surface area contributed by atoms with E-state index in [4.69, 9.17) is 11.6 Å². The highest BCUT2D eigenvalue weighted by Crippen LogP contribution is 2.78. The van der Waals surface area contributed by atoms with Crippen LogP contribution in [0.4, 0.5) is 9.18 Å². The monoisotopic (exact) mass is 702 g/mol. The number of halogens is 2. The maximum absolute atomic E-state index is 15.1. The van der Waals surface area contributed by atoms with Crippen molar-refractivity contribution in [3.8, 4) is 0 Å². The number of hydrogen-bond donors (Lipinski definition) is 3. The molecule has 3 saturated carbocycles. The van der Waals surface area contributed by atoms with Gasteiger partial charge in [0, 0.05) is 45.4 Å². The summed E-state index contributed by atoms with van der Waals surface area (Å²) in [4.78, 5) is 30.3. The van der Waals surface area contributed by atoms with Gasteiger partial charge in [-0.15, -0.1) is 0 Å². The lowest BCUT2D eigenvalue weighted by Crippen LogP contribution is -2.67. The molecule has 6 nitrogen and oxygen atoms in total. The fourth-order valence-corrected chi connectivity index (χ4v) is 11.8. The minimum atomic E-state index is -1.17. The molecule has 9 atom stereocenters. The number of ketones is 1. The van der Waals surface area contributed by atoms with Gasteiger partial charge in [-0.05, 0) is 93.2 Å². The number of rotatable bonds is 9. The fraction of sp³-hybridized carbons (Fsp3) is 0.571. The number of carbonyl (C=O) groups excluding carboxylic acids is 2.